The maximum Gasteiger partial charge on any atom is 0.246 e. The molecule has 1 N–H and O–H groups in total. The van der Waals surface area contributed by atoms with Gasteiger partial charge < -0.3 is 10.1 Å². The molecule has 2 aromatic carbocycles. The number of amides is 1. The maximum absolute atomic E-state index is 13.5. The minimum absolute atomic E-state index is 0.0433. The lowest BCUT2D eigenvalue weighted by molar-refractivity contribution is -0.122. The van der Waals surface area contributed by atoms with Crippen molar-refractivity contribution in [1.82, 2.24) is 14.8 Å². The summed E-state index contributed by atoms with van der Waals surface area (Å²) in [5, 5.41) is 3.12. The van der Waals surface area contributed by atoms with Crippen molar-refractivity contribution in [2.45, 2.75) is 19.5 Å². The van der Waals surface area contributed by atoms with Gasteiger partial charge in [-0.3, -0.25) is 19.6 Å². The molecule has 1 fully saturated rings. The molecule has 4 rings (SSSR count). The van der Waals surface area contributed by atoms with Gasteiger partial charge in [0.2, 0.25) is 5.91 Å². The Morgan fingerprint density at radius 2 is 1.78 bits per heavy atom. The Hall–Kier alpha value is -3.22. The third-order valence-corrected chi connectivity index (χ3v) is 5.86. The highest BCUT2D eigenvalue weighted by Crippen LogP contribution is 2.29. The van der Waals surface area contributed by atoms with Crippen LogP contribution in [-0.4, -0.2) is 54.0 Å². The molecule has 0 aliphatic carbocycles. The number of ether oxygens (including phenoxy) is 1. The molecule has 1 aromatic heterocycles. The first kappa shape index (κ1) is 22.0. The zero-order chi connectivity index (χ0) is 22.3. The molecular weight excluding hydrogens is 400 g/mol. The highest BCUT2D eigenvalue weighted by Gasteiger charge is 2.31. The maximum atomic E-state index is 13.5. The molecule has 6 heteroatoms. The zero-order valence-electron chi connectivity index (χ0n) is 18.7. The summed E-state index contributed by atoms with van der Waals surface area (Å²) < 4.78 is 5.46. The number of hydrogen-bond donors (Lipinski definition) is 1. The van der Waals surface area contributed by atoms with E-state index < -0.39 is 0 Å². The smallest absolute Gasteiger partial charge is 0.246 e. The van der Waals surface area contributed by atoms with Crippen molar-refractivity contribution in [3.05, 3.63) is 89.7 Å². The van der Waals surface area contributed by atoms with Crippen molar-refractivity contribution in [2.75, 3.05) is 38.6 Å². The molecule has 1 amide bonds. The van der Waals surface area contributed by atoms with Gasteiger partial charge in [-0.25, -0.2) is 0 Å². The Morgan fingerprint density at radius 1 is 1.03 bits per heavy atom. The third kappa shape index (κ3) is 5.33. The number of anilines is 1. The summed E-state index contributed by atoms with van der Waals surface area (Å²) in [5.74, 6) is 0.620. The number of nitrogens with one attached hydrogen (secondary N) is 1. The number of methoxy groups -OCH3 is 1. The van der Waals surface area contributed by atoms with Gasteiger partial charge in [0.1, 0.15) is 11.8 Å². The van der Waals surface area contributed by atoms with Gasteiger partial charge in [-0.2, -0.15) is 0 Å². The second-order valence-electron chi connectivity index (χ2n) is 8.14. The fourth-order valence-electron chi connectivity index (χ4n) is 4.18. The highest BCUT2D eigenvalue weighted by molar-refractivity contribution is 5.96. The number of benzene rings is 2. The first-order valence-corrected chi connectivity index (χ1v) is 11.0. The van der Waals surface area contributed by atoms with Gasteiger partial charge in [0.05, 0.1) is 18.5 Å². The quantitative estimate of drug-likeness (QED) is 0.616. The van der Waals surface area contributed by atoms with E-state index >= 15 is 0 Å². The van der Waals surface area contributed by atoms with Gasteiger partial charge in [0, 0.05) is 38.9 Å². The average Bonchev–Trinajstić information content (AvgIpc) is 2.82. The van der Waals surface area contributed by atoms with Crippen LogP contribution in [0.2, 0.25) is 0 Å². The average molecular weight is 431 g/mol. The van der Waals surface area contributed by atoms with Crippen LogP contribution in [-0.2, 0) is 11.3 Å². The number of piperazine rings is 1. The number of pyridine rings is 1. The van der Waals surface area contributed by atoms with Crippen LogP contribution < -0.4 is 10.1 Å². The van der Waals surface area contributed by atoms with E-state index in [1.807, 2.05) is 73.8 Å². The van der Waals surface area contributed by atoms with Crippen LogP contribution in [0.15, 0.2) is 72.9 Å². The second-order valence-corrected chi connectivity index (χ2v) is 8.14. The van der Waals surface area contributed by atoms with E-state index in [9.17, 15) is 4.79 Å². The summed E-state index contributed by atoms with van der Waals surface area (Å²) in [6, 6.07) is 21.5. The lowest BCUT2D eigenvalue weighted by Gasteiger charge is -2.38. The SMILES string of the molecule is COc1ccc(C)cc1NC(=O)C(c1ccccc1)N1CCN(Cc2ccccn2)CC1. The monoisotopic (exact) mass is 430 g/mol. The molecule has 1 saturated heterocycles. The molecule has 0 bridgehead atoms. The zero-order valence-corrected chi connectivity index (χ0v) is 18.7. The van der Waals surface area contributed by atoms with Crippen molar-refractivity contribution < 1.29 is 9.53 Å². The summed E-state index contributed by atoms with van der Waals surface area (Å²) >= 11 is 0. The lowest BCUT2D eigenvalue weighted by atomic mass is 10.0. The molecule has 2 heterocycles. The van der Waals surface area contributed by atoms with Crippen LogP contribution in [0.1, 0.15) is 22.9 Å². The predicted octanol–water partition coefficient (Wildman–Crippen LogP) is 3.90. The Balaban J connectivity index is 1.49. The Labute approximate surface area is 189 Å². The standard InChI is InChI=1S/C26H30N4O2/c1-20-11-12-24(32-2)23(18-20)28-26(31)25(21-8-4-3-5-9-21)30-16-14-29(15-17-30)19-22-10-6-7-13-27-22/h3-13,18,25H,14-17,19H2,1-2H3,(H,28,31). The Bertz CT molecular complexity index is 1020. The fraction of sp³-hybridized carbons (Fsp3) is 0.308. The van der Waals surface area contributed by atoms with Crippen molar-refractivity contribution in [3.63, 3.8) is 0 Å². The van der Waals surface area contributed by atoms with E-state index in [4.69, 9.17) is 4.74 Å². The molecule has 1 atom stereocenters. The summed E-state index contributed by atoms with van der Waals surface area (Å²) in [4.78, 5) is 22.6. The van der Waals surface area contributed by atoms with Crippen LogP contribution in [0.4, 0.5) is 5.69 Å². The Morgan fingerprint density at radius 3 is 2.47 bits per heavy atom. The number of aromatic nitrogens is 1. The van der Waals surface area contributed by atoms with Gasteiger partial charge in [0.25, 0.3) is 0 Å². The van der Waals surface area contributed by atoms with Gasteiger partial charge in [-0.05, 0) is 42.3 Å². The molecule has 1 aliphatic rings. The Kier molecular flexibility index (Phi) is 7.14. The summed E-state index contributed by atoms with van der Waals surface area (Å²) in [7, 11) is 1.62. The fourth-order valence-corrected chi connectivity index (χ4v) is 4.18. The van der Waals surface area contributed by atoms with Gasteiger partial charge >= 0.3 is 0 Å². The number of aryl methyl sites for hydroxylation is 1. The summed E-state index contributed by atoms with van der Waals surface area (Å²) in [6.07, 6.45) is 1.83. The third-order valence-electron chi connectivity index (χ3n) is 5.86. The van der Waals surface area contributed by atoms with Gasteiger partial charge in [-0.1, -0.05) is 42.5 Å². The molecule has 3 aromatic rings. The van der Waals surface area contributed by atoms with Gasteiger partial charge in [0.15, 0.2) is 0 Å². The minimum atomic E-state index is -0.363. The molecular formula is C26H30N4O2. The highest BCUT2D eigenvalue weighted by atomic mass is 16.5. The van der Waals surface area contributed by atoms with Crippen LogP contribution in [0, 0.1) is 6.92 Å². The van der Waals surface area contributed by atoms with Crippen molar-refractivity contribution in [2.24, 2.45) is 0 Å². The number of carbonyl (C=O) groups excluding carboxylic acids is 1. The van der Waals surface area contributed by atoms with Crippen LogP contribution >= 0.6 is 0 Å². The van der Waals surface area contributed by atoms with E-state index in [1.54, 1.807) is 7.11 Å². The van der Waals surface area contributed by atoms with Crippen LogP contribution in [0.3, 0.4) is 0 Å². The molecule has 32 heavy (non-hydrogen) atoms. The van der Waals surface area contributed by atoms with E-state index in [0.717, 1.165) is 49.5 Å². The van der Waals surface area contributed by atoms with E-state index in [0.29, 0.717) is 11.4 Å². The van der Waals surface area contributed by atoms with E-state index in [1.165, 1.54) is 0 Å². The normalized spacial score (nSPS) is 15.8. The molecule has 0 radical (unpaired) electrons. The number of carbonyl (C=O) groups is 1. The lowest BCUT2D eigenvalue weighted by Crippen LogP contribution is -2.49. The van der Waals surface area contributed by atoms with Crippen molar-refractivity contribution in [1.29, 1.82) is 0 Å². The van der Waals surface area contributed by atoms with Crippen molar-refractivity contribution in [3.8, 4) is 5.75 Å². The molecule has 0 spiro atoms. The van der Waals surface area contributed by atoms with Crippen LogP contribution in [0.5, 0.6) is 5.75 Å². The van der Waals surface area contributed by atoms with E-state index in [-0.39, 0.29) is 11.9 Å². The molecule has 1 aliphatic heterocycles. The first-order chi connectivity index (χ1) is 15.6. The molecule has 166 valence electrons. The van der Waals surface area contributed by atoms with E-state index in [2.05, 4.69) is 26.2 Å². The molecule has 1 unspecified atom stereocenters. The molecule has 0 saturated carbocycles. The number of hydrogen-bond acceptors (Lipinski definition) is 5. The predicted molar refractivity (Wildman–Crippen MR) is 127 cm³/mol. The number of nitrogens with zero attached hydrogens (tertiary/aromatic N) is 3. The summed E-state index contributed by atoms with van der Waals surface area (Å²) in [6.45, 7) is 6.24. The number of rotatable bonds is 7. The summed E-state index contributed by atoms with van der Waals surface area (Å²) in [5.41, 5.74) is 3.84. The topological polar surface area (TPSA) is 57.7 Å². The molecule has 6 nitrogen and oxygen atoms in total. The largest absolute Gasteiger partial charge is 0.495 e. The second kappa shape index (κ2) is 10.4. The first-order valence-electron chi connectivity index (χ1n) is 11.0. The van der Waals surface area contributed by atoms with Crippen molar-refractivity contribution >= 4 is 11.6 Å². The van der Waals surface area contributed by atoms with Crippen LogP contribution in [0.25, 0.3) is 0 Å². The van der Waals surface area contributed by atoms with Gasteiger partial charge in [-0.15, -0.1) is 0 Å². The minimum Gasteiger partial charge on any atom is -0.495 e.